The van der Waals surface area contributed by atoms with Gasteiger partial charge in [0.05, 0.1) is 11.0 Å². The molecular formula is C13H17NO3. The summed E-state index contributed by atoms with van der Waals surface area (Å²) in [6.07, 6.45) is 1.69. The Morgan fingerprint density at radius 1 is 1.47 bits per heavy atom. The molecule has 0 saturated carbocycles. The van der Waals surface area contributed by atoms with Crippen LogP contribution < -0.4 is 4.74 Å². The van der Waals surface area contributed by atoms with Gasteiger partial charge in [-0.25, -0.2) is 0 Å². The third-order valence-electron chi connectivity index (χ3n) is 2.27. The molecule has 0 N–H and O–H groups in total. The van der Waals surface area contributed by atoms with E-state index >= 15 is 0 Å². The number of allylic oxidation sites excluding steroid dienone is 1. The summed E-state index contributed by atoms with van der Waals surface area (Å²) in [5.41, 5.74) is 1.94. The Morgan fingerprint density at radius 2 is 2.12 bits per heavy atom. The van der Waals surface area contributed by atoms with Gasteiger partial charge in [-0.15, -0.1) is 0 Å². The molecule has 0 fully saturated rings. The summed E-state index contributed by atoms with van der Waals surface area (Å²) < 4.78 is 5.55. The van der Waals surface area contributed by atoms with Crippen LogP contribution in [0.5, 0.6) is 5.75 Å². The zero-order valence-electron chi connectivity index (χ0n) is 10.6. The van der Waals surface area contributed by atoms with Gasteiger partial charge in [0.1, 0.15) is 5.75 Å². The molecule has 17 heavy (non-hydrogen) atoms. The summed E-state index contributed by atoms with van der Waals surface area (Å²) in [6.45, 7) is 7.31. The molecule has 0 saturated heterocycles. The first-order chi connectivity index (χ1) is 7.90. The molecule has 0 atom stereocenters. The first kappa shape index (κ1) is 13.2. The van der Waals surface area contributed by atoms with Gasteiger partial charge in [0.25, 0.3) is 0 Å². The Balaban J connectivity index is 2.98. The van der Waals surface area contributed by atoms with Crippen LogP contribution in [0.1, 0.15) is 31.9 Å². The van der Waals surface area contributed by atoms with Gasteiger partial charge in [0.2, 0.25) is 5.70 Å². The first-order valence-corrected chi connectivity index (χ1v) is 5.50. The SMILES string of the molecule is CC(=Cc1ccc(OC(C)C)cc1C)[N+](=O)[O-]. The number of ether oxygens (including phenoxy) is 1. The van der Waals surface area contributed by atoms with Crippen molar-refractivity contribution >= 4 is 6.08 Å². The van der Waals surface area contributed by atoms with Gasteiger partial charge in [0, 0.05) is 13.0 Å². The molecule has 1 aromatic rings. The van der Waals surface area contributed by atoms with Crippen LogP contribution in [0.15, 0.2) is 23.9 Å². The predicted octanol–water partition coefficient (Wildman–Crippen LogP) is 3.42. The molecule has 1 aromatic carbocycles. The van der Waals surface area contributed by atoms with Crippen molar-refractivity contribution in [2.45, 2.75) is 33.8 Å². The minimum absolute atomic E-state index is 0.122. The molecule has 0 aliphatic rings. The van der Waals surface area contributed by atoms with Crippen molar-refractivity contribution in [3.63, 3.8) is 0 Å². The molecule has 4 heteroatoms. The van der Waals surface area contributed by atoms with Crippen molar-refractivity contribution in [1.29, 1.82) is 0 Å². The largest absolute Gasteiger partial charge is 0.491 e. The van der Waals surface area contributed by atoms with Crippen molar-refractivity contribution in [3.05, 3.63) is 45.1 Å². The van der Waals surface area contributed by atoms with Gasteiger partial charge >= 0.3 is 0 Å². The second-order valence-electron chi connectivity index (χ2n) is 4.23. The van der Waals surface area contributed by atoms with E-state index in [0.29, 0.717) is 0 Å². The number of aryl methyl sites for hydroxylation is 1. The average molecular weight is 235 g/mol. The van der Waals surface area contributed by atoms with E-state index < -0.39 is 4.92 Å². The third kappa shape index (κ3) is 3.90. The Hall–Kier alpha value is -1.84. The Labute approximate surface area is 101 Å². The minimum atomic E-state index is -0.391. The van der Waals surface area contributed by atoms with E-state index in [1.165, 1.54) is 6.92 Å². The van der Waals surface area contributed by atoms with Crippen molar-refractivity contribution in [3.8, 4) is 5.75 Å². The molecule has 0 spiro atoms. The summed E-state index contributed by atoms with van der Waals surface area (Å²) in [5.74, 6) is 0.786. The minimum Gasteiger partial charge on any atom is -0.491 e. The topological polar surface area (TPSA) is 52.4 Å². The molecule has 0 radical (unpaired) electrons. The van der Waals surface area contributed by atoms with Crippen molar-refractivity contribution in [2.24, 2.45) is 0 Å². The lowest BCUT2D eigenvalue weighted by Gasteiger charge is -2.11. The van der Waals surface area contributed by atoms with Crippen molar-refractivity contribution in [2.75, 3.05) is 0 Å². The van der Waals surface area contributed by atoms with Gasteiger partial charge in [-0.3, -0.25) is 10.1 Å². The predicted molar refractivity (Wildman–Crippen MR) is 67.6 cm³/mol. The lowest BCUT2D eigenvalue weighted by atomic mass is 10.1. The molecule has 0 unspecified atom stereocenters. The van der Waals surface area contributed by atoms with Crippen LogP contribution in [-0.4, -0.2) is 11.0 Å². The highest BCUT2D eigenvalue weighted by atomic mass is 16.6. The van der Waals surface area contributed by atoms with Gasteiger partial charge < -0.3 is 4.74 Å². The smallest absolute Gasteiger partial charge is 0.243 e. The zero-order valence-corrected chi connectivity index (χ0v) is 10.6. The highest BCUT2D eigenvalue weighted by Crippen LogP contribution is 2.20. The van der Waals surface area contributed by atoms with Crippen LogP contribution in [0.3, 0.4) is 0 Å². The van der Waals surface area contributed by atoms with E-state index in [1.54, 1.807) is 6.08 Å². The molecule has 0 heterocycles. The van der Waals surface area contributed by atoms with Crippen molar-refractivity contribution in [1.82, 2.24) is 0 Å². The maximum Gasteiger partial charge on any atom is 0.243 e. The van der Waals surface area contributed by atoms with Crippen LogP contribution in [0.25, 0.3) is 6.08 Å². The number of nitrogens with zero attached hydrogens (tertiary/aromatic N) is 1. The fourth-order valence-corrected chi connectivity index (χ4v) is 1.43. The molecule has 0 bridgehead atoms. The second-order valence-corrected chi connectivity index (χ2v) is 4.23. The molecule has 0 aliphatic heterocycles. The Morgan fingerprint density at radius 3 is 2.59 bits per heavy atom. The molecule has 1 rings (SSSR count). The number of rotatable bonds is 4. The molecular weight excluding hydrogens is 218 g/mol. The number of nitro groups is 1. The van der Waals surface area contributed by atoms with E-state index in [4.69, 9.17) is 4.74 Å². The van der Waals surface area contributed by atoms with Gasteiger partial charge in [-0.05, 0) is 44.0 Å². The van der Waals surface area contributed by atoms with Gasteiger partial charge in [-0.2, -0.15) is 0 Å². The lowest BCUT2D eigenvalue weighted by molar-refractivity contribution is -0.422. The number of benzene rings is 1. The highest BCUT2D eigenvalue weighted by molar-refractivity contribution is 5.56. The maximum absolute atomic E-state index is 10.5. The molecule has 92 valence electrons. The number of hydrogen-bond acceptors (Lipinski definition) is 3. The standard InChI is InChI=1S/C13H17NO3/c1-9(2)17-13-6-5-12(10(3)7-13)8-11(4)14(15)16/h5-9H,1-4H3. The van der Waals surface area contributed by atoms with E-state index in [2.05, 4.69) is 0 Å². The normalized spacial score (nSPS) is 11.7. The van der Waals surface area contributed by atoms with Crippen LogP contribution >= 0.6 is 0 Å². The summed E-state index contributed by atoms with van der Waals surface area (Å²) >= 11 is 0. The maximum atomic E-state index is 10.5. The average Bonchev–Trinajstić information content (AvgIpc) is 2.20. The van der Waals surface area contributed by atoms with Crippen molar-refractivity contribution < 1.29 is 9.66 Å². The fourth-order valence-electron chi connectivity index (χ4n) is 1.43. The molecule has 0 aromatic heterocycles. The summed E-state index contributed by atoms with van der Waals surface area (Å²) in [5, 5.41) is 10.5. The van der Waals surface area contributed by atoms with E-state index in [9.17, 15) is 10.1 Å². The van der Waals surface area contributed by atoms with Crippen LogP contribution in [0, 0.1) is 17.0 Å². The fraction of sp³-hybridized carbons (Fsp3) is 0.385. The van der Waals surface area contributed by atoms with Gasteiger partial charge in [0.15, 0.2) is 0 Å². The first-order valence-electron chi connectivity index (χ1n) is 5.50. The highest BCUT2D eigenvalue weighted by Gasteiger charge is 2.05. The zero-order chi connectivity index (χ0) is 13.0. The van der Waals surface area contributed by atoms with E-state index in [1.807, 2.05) is 39.0 Å². The van der Waals surface area contributed by atoms with Crippen LogP contribution in [-0.2, 0) is 0 Å². The third-order valence-corrected chi connectivity index (χ3v) is 2.27. The van der Waals surface area contributed by atoms with Crippen LogP contribution in [0.4, 0.5) is 0 Å². The summed E-state index contributed by atoms with van der Waals surface area (Å²) in [6, 6.07) is 5.55. The summed E-state index contributed by atoms with van der Waals surface area (Å²) in [7, 11) is 0. The monoisotopic (exact) mass is 235 g/mol. The van der Waals surface area contributed by atoms with Crippen LogP contribution in [0.2, 0.25) is 0 Å². The molecule has 0 aliphatic carbocycles. The van der Waals surface area contributed by atoms with E-state index in [0.717, 1.165) is 16.9 Å². The van der Waals surface area contributed by atoms with E-state index in [-0.39, 0.29) is 11.8 Å². The quantitative estimate of drug-likeness (QED) is 0.593. The van der Waals surface area contributed by atoms with Gasteiger partial charge in [-0.1, -0.05) is 6.07 Å². The Bertz CT molecular complexity index is 450. The lowest BCUT2D eigenvalue weighted by Crippen LogP contribution is -2.05. The Kier molecular flexibility index (Phi) is 4.26. The number of hydrogen-bond donors (Lipinski definition) is 0. The summed E-state index contributed by atoms with van der Waals surface area (Å²) in [4.78, 5) is 10.1. The molecule has 0 amide bonds. The molecule has 4 nitrogen and oxygen atoms in total. The second kappa shape index (κ2) is 5.48.